The Balaban J connectivity index is 1.61. The number of benzene rings is 1. The molecule has 0 radical (unpaired) electrons. The highest BCUT2D eigenvalue weighted by atomic mass is 35.5. The van der Waals surface area contributed by atoms with Crippen LogP contribution in [0.15, 0.2) is 42.7 Å². The van der Waals surface area contributed by atoms with E-state index in [-0.39, 0.29) is 10.4 Å². The fourth-order valence-corrected chi connectivity index (χ4v) is 5.20. The van der Waals surface area contributed by atoms with Crippen LogP contribution < -0.4 is 15.0 Å². The van der Waals surface area contributed by atoms with E-state index < -0.39 is 23.5 Å². The van der Waals surface area contributed by atoms with Gasteiger partial charge in [-0.15, -0.1) is 0 Å². The van der Waals surface area contributed by atoms with Crippen LogP contribution in [0.5, 0.6) is 5.75 Å². The highest BCUT2D eigenvalue weighted by Gasteiger charge is 2.36. The van der Waals surface area contributed by atoms with Crippen molar-refractivity contribution in [1.82, 2.24) is 9.97 Å². The Morgan fingerprint density at radius 2 is 1.88 bits per heavy atom. The monoisotopic (exact) mass is 598 g/mol. The molecule has 0 saturated carbocycles. The maximum absolute atomic E-state index is 13.3. The Morgan fingerprint density at radius 1 is 1.17 bits per heavy atom. The predicted octanol–water partition coefficient (Wildman–Crippen LogP) is 7.30. The molecule has 1 fully saturated rings. The molecular weight excluding hydrogens is 559 g/mol. The molecule has 2 N–H and O–H groups in total. The van der Waals surface area contributed by atoms with Crippen molar-refractivity contribution < 1.29 is 23.8 Å². The van der Waals surface area contributed by atoms with Gasteiger partial charge in [0.1, 0.15) is 18.2 Å². The Hall–Kier alpha value is -3.43. The van der Waals surface area contributed by atoms with Gasteiger partial charge in [0, 0.05) is 42.7 Å². The number of hydrogen-bond donors (Lipinski definition) is 2. The average molecular weight is 599 g/mol. The second-order valence-electron chi connectivity index (χ2n) is 12.4. The fourth-order valence-electron chi connectivity index (χ4n) is 4.98. The lowest BCUT2D eigenvalue weighted by Gasteiger charge is -2.40. The number of rotatable bonds is 10. The normalized spacial score (nSPS) is 15.8. The van der Waals surface area contributed by atoms with Gasteiger partial charge in [-0.2, -0.15) is 0 Å². The number of hydrogen-bond acceptors (Lipinski definition) is 7. The lowest BCUT2D eigenvalue weighted by Crippen LogP contribution is -2.39. The number of pyridine rings is 2. The third-order valence-electron chi connectivity index (χ3n) is 7.30. The molecule has 0 amide bonds. The summed E-state index contributed by atoms with van der Waals surface area (Å²) in [5.41, 5.74) is 3.77. The summed E-state index contributed by atoms with van der Waals surface area (Å²) in [6.07, 6.45) is 4.28. The SMILES string of the molecule is Cc1ncc(-c2ccc(NCCOc3ccc(F)cc3Cl)cn2)c(N2CCC(C)(C)CC2)c1[C@H](OC(C)(C)C)C(=O)O. The van der Waals surface area contributed by atoms with Gasteiger partial charge >= 0.3 is 5.97 Å². The van der Waals surface area contributed by atoms with Crippen LogP contribution in [0.25, 0.3) is 11.3 Å². The second kappa shape index (κ2) is 12.8. The maximum Gasteiger partial charge on any atom is 0.337 e. The lowest BCUT2D eigenvalue weighted by molar-refractivity contribution is -0.160. The minimum absolute atomic E-state index is 0.213. The van der Waals surface area contributed by atoms with E-state index in [2.05, 4.69) is 29.0 Å². The number of carboxylic acid groups (broad SMARTS) is 1. The molecule has 0 aliphatic carbocycles. The smallest absolute Gasteiger partial charge is 0.337 e. The zero-order valence-electron chi connectivity index (χ0n) is 25.1. The number of aryl methyl sites for hydroxylation is 1. The van der Waals surface area contributed by atoms with Gasteiger partial charge in [0.2, 0.25) is 0 Å². The minimum Gasteiger partial charge on any atom is -0.490 e. The van der Waals surface area contributed by atoms with E-state index in [4.69, 9.17) is 26.1 Å². The van der Waals surface area contributed by atoms with Gasteiger partial charge in [-0.1, -0.05) is 25.4 Å². The summed E-state index contributed by atoms with van der Waals surface area (Å²) in [4.78, 5) is 24.2. The number of halogens is 2. The average Bonchev–Trinajstić information content (AvgIpc) is 2.91. The number of piperidine rings is 1. The largest absolute Gasteiger partial charge is 0.490 e. The molecular formula is C32H40ClFN4O4. The predicted molar refractivity (Wildman–Crippen MR) is 164 cm³/mol. The van der Waals surface area contributed by atoms with Gasteiger partial charge in [0.15, 0.2) is 6.10 Å². The topological polar surface area (TPSA) is 96.8 Å². The molecule has 8 nitrogen and oxygen atoms in total. The summed E-state index contributed by atoms with van der Waals surface area (Å²) in [6, 6.07) is 7.82. The highest BCUT2D eigenvalue weighted by molar-refractivity contribution is 6.32. The first-order valence-electron chi connectivity index (χ1n) is 14.2. The summed E-state index contributed by atoms with van der Waals surface area (Å²) in [5.74, 6) is -1.05. The first-order chi connectivity index (χ1) is 19.7. The minimum atomic E-state index is -1.18. The number of ether oxygens (including phenoxy) is 2. The van der Waals surface area contributed by atoms with E-state index in [0.29, 0.717) is 35.9 Å². The Labute approximate surface area is 252 Å². The van der Waals surface area contributed by atoms with Gasteiger partial charge in [-0.05, 0) is 76.3 Å². The number of nitrogens with zero attached hydrogens (tertiary/aromatic N) is 3. The van der Waals surface area contributed by atoms with Crippen LogP contribution in [0.4, 0.5) is 15.8 Å². The maximum atomic E-state index is 13.3. The molecule has 1 aliphatic rings. The molecule has 0 bridgehead atoms. The molecule has 3 heterocycles. The molecule has 4 rings (SSSR count). The highest BCUT2D eigenvalue weighted by Crippen LogP contribution is 2.43. The zero-order chi connectivity index (χ0) is 30.7. The third-order valence-corrected chi connectivity index (χ3v) is 7.60. The van der Waals surface area contributed by atoms with Crippen LogP contribution >= 0.6 is 11.6 Å². The van der Waals surface area contributed by atoms with Crippen LogP contribution in [0, 0.1) is 18.2 Å². The van der Waals surface area contributed by atoms with Crippen LogP contribution in [-0.2, 0) is 9.53 Å². The van der Waals surface area contributed by atoms with Crippen molar-refractivity contribution in [3.05, 3.63) is 64.8 Å². The fraction of sp³-hybridized carbons (Fsp3) is 0.469. The quantitative estimate of drug-likeness (QED) is 0.235. The molecule has 2 aromatic heterocycles. The van der Waals surface area contributed by atoms with E-state index in [0.717, 1.165) is 42.9 Å². The molecule has 1 aliphatic heterocycles. The van der Waals surface area contributed by atoms with Crippen LogP contribution in [-0.4, -0.2) is 52.9 Å². The Kier molecular flexibility index (Phi) is 9.63. The summed E-state index contributed by atoms with van der Waals surface area (Å²) in [6.45, 7) is 14.3. The molecule has 3 aromatic rings. The Bertz CT molecular complexity index is 1400. The summed E-state index contributed by atoms with van der Waals surface area (Å²) < 4.78 is 25.0. The summed E-state index contributed by atoms with van der Waals surface area (Å²) in [5, 5.41) is 13.8. The summed E-state index contributed by atoms with van der Waals surface area (Å²) in [7, 11) is 0. The number of carbonyl (C=O) groups is 1. The van der Waals surface area contributed by atoms with E-state index in [1.165, 1.54) is 18.2 Å². The van der Waals surface area contributed by atoms with Gasteiger partial charge in [-0.3, -0.25) is 9.97 Å². The molecule has 0 unspecified atom stereocenters. The van der Waals surface area contributed by atoms with E-state index in [1.807, 2.05) is 39.8 Å². The van der Waals surface area contributed by atoms with Gasteiger partial charge in [-0.25, -0.2) is 9.18 Å². The van der Waals surface area contributed by atoms with Gasteiger partial charge in [0.25, 0.3) is 0 Å². The van der Waals surface area contributed by atoms with Crippen molar-refractivity contribution in [3.8, 4) is 17.0 Å². The van der Waals surface area contributed by atoms with Crippen LogP contribution in [0.2, 0.25) is 5.02 Å². The molecule has 226 valence electrons. The van der Waals surface area contributed by atoms with Crippen molar-refractivity contribution >= 4 is 28.9 Å². The molecule has 1 saturated heterocycles. The number of anilines is 2. The third kappa shape index (κ3) is 7.89. The van der Waals surface area contributed by atoms with E-state index >= 15 is 0 Å². The first-order valence-corrected chi connectivity index (χ1v) is 14.6. The number of nitrogens with one attached hydrogen (secondary N) is 1. The van der Waals surface area contributed by atoms with Crippen LogP contribution in [0.1, 0.15) is 64.8 Å². The van der Waals surface area contributed by atoms with Gasteiger partial charge < -0.3 is 24.8 Å². The van der Waals surface area contributed by atoms with Crippen molar-refractivity contribution in [1.29, 1.82) is 0 Å². The number of carboxylic acids is 1. The van der Waals surface area contributed by atoms with E-state index in [9.17, 15) is 14.3 Å². The molecule has 42 heavy (non-hydrogen) atoms. The van der Waals surface area contributed by atoms with Crippen molar-refractivity contribution in [2.45, 2.75) is 66.1 Å². The first kappa shape index (κ1) is 31.5. The van der Waals surface area contributed by atoms with Crippen molar-refractivity contribution in [2.75, 3.05) is 36.5 Å². The second-order valence-corrected chi connectivity index (χ2v) is 12.8. The van der Waals surface area contributed by atoms with Crippen molar-refractivity contribution in [3.63, 3.8) is 0 Å². The molecule has 0 spiro atoms. The van der Waals surface area contributed by atoms with Crippen molar-refractivity contribution in [2.24, 2.45) is 5.41 Å². The molecule has 1 atom stereocenters. The standard InChI is InChI=1S/C32H40ClFN4O4/c1-20-27(29(30(39)40)42-31(2,3)4)28(38-14-11-32(5,6)12-15-38)23(19-36-20)25-9-8-22(18-37-25)35-13-16-41-26-10-7-21(34)17-24(26)33/h7-10,17-19,29,35H,11-16H2,1-6H3,(H,39,40)/t29-/m0/s1. The Morgan fingerprint density at radius 3 is 2.48 bits per heavy atom. The molecule has 1 aromatic carbocycles. The van der Waals surface area contributed by atoms with E-state index in [1.54, 1.807) is 12.4 Å². The lowest BCUT2D eigenvalue weighted by atomic mass is 9.82. The number of aromatic nitrogens is 2. The zero-order valence-corrected chi connectivity index (χ0v) is 25.9. The van der Waals surface area contributed by atoms with Gasteiger partial charge in [0.05, 0.1) is 33.9 Å². The number of aliphatic carboxylic acids is 1. The van der Waals surface area contributed by atoms with Crippen LogP contribution in [0.3, 0.4) is 0 Å². The summed E-state index contributed by atoms with van der Waals surface area (Å²) >= 11 is 6.03. The molecule has 10 heteroatoms.